The Kier molecular flexibility index (Phi) is 5.03. The lowest BCUT2D eigenvalue weighted by molar-refractivity contribution is -0.142. The van der Waals surface area contributed by atoms with E-state index in [2.05, 4.69) is 16.4 Å². The first kappa shape index (κ1) is 17.3. The summed E-state index contributed by atoms with van der Waals surface area (Å²) in [4.78, 5) is 23.7. The van der Waals surface area contributed by atoms with Crippen LogP contribution in [0.4, 0.5) is 0 Å². The number of nitrogens with zero attached hydrogens (tertiary/aromatic N) is 1. The van der Waals surface area contributed by atoms with Crippen molar-refractivity contribution in [2.75, 3.05) is 13.7 Å². The number of nitrogens with one attached hydrogen (secondary N) is 1. The van der Waals surface area contributed by atoms with Gasteiger partial charge in [0.25, 0.3) is 5.56 Å². The number of benzene rings is 2. The van der Waals surface area contributed by atoms with E-state index in [-0.39, 0.29) is 12.2 Å². The molecule has 0 saturated heterocycles. The minimum atomic E-state index is -0.448. The second-order valence-corrected chi connectivity index (χ2v) is 5.56. The monoisotopic (exact) mass is 350 g/mol. The molecular formula is C20H18N2O4. The lowest BCUT2D eigenvalue weighted by atomic mass is 10.2. The van der Waals surface area contributed by atoms with Gasteiger partial charge < -0.3 is 9.47 Å². The lowest BCUT2D eigenvalue weighted by Gasteiger charge is -2.04. The number of carbonyl (C=O) groups is 1. The summed E-state index contributed by atoms with van der Waals surface area (Å²) in [7, 11) is 1.30. The Morgan fingerprint density at radius 3 is 2.50 bits per heavy atom. The molecule has 0 aliphatic heterocycles. The van der Waals surface area contributed by atoms with Crippen LogP contribution in [0.1, 0.15) is 5.56 Å². The summed E-state index contributed by atoms with van der Waals surface area (Å²) in [5, 5.41) is 4.00. The van der Waals surface area contributed by atoms with Crippen LogP contribution in [0.5, 0.6) is 5.75 Å². The van der Waals surface area contributed by atoms with Gasteiger partial charge in [0, 0.05) is 0 Å². The van der Waals surface area contributed by atoms with Gasteiger partial charge >= 0.3 is 5.97 Å². The van der Waals surface area contributed by atoms with E-state index >= 15 is 0 Å². The lowest BCUT2D eigenvalue weighted by Crippen LogP contribution is -2.33. The normalized spacial score (nSPS) is 11.3. The van der Waals surface area contributed by atoms with Crippen molar-refractivity contribution in [1.29, 1.82) is 0 Å². The first-order chi connectivity index (χ1) is 12.6. The molecule has 3 aromatic rings. The van der Waals surface area contributed by atoms with Crippen LogP contribution in [-0.4, -0.2) is 29.5 Å². The predicted molar refractivity (Wildman–Crippen MR) is 98.7 cm³/mol. The number of para-hydroxylation sites is 1. The van der Waals surface area contributed by atoms with Crippen molar-refractivity contribution in [3.63, 3.8) is 0 Å². The fourth-order valence-corrected chi connectivity index (χ4v) is 2.43. The highest BCUT2D eigenvalue weighted by Gasteiger charge is 2.05. The van der Waals surface area contributed by atoms with Crippen LogP contribution in [0.25, 0.3) is 18.3 Å². The number of aromatic amines is 1. The molecule has 0 bridgehead atoms. The molecule has 0 aliphatic carbocycles. The third-order valence-electron chi connectivity index (χ3n) is 3.80. The highest BCUT2D eigenvalue weighted by molar-refractivity contribution is 5.70. The molecule has 0 fully saturated rings. The number of hydrogen-bond donors (Lipinski definition) is 1. The van der Waals surface area contributed by atoms with Crippen LogP contribution in [0, 0.1) is 0 Å². The number of esters is 1. The molecule has 6 heteroatoms. The topological polar surface area (TPSA) is 73.3 Å². The maximum Gasteiger partial charge on any atom is 0.343 e. The molecular weight excluding hydrogens is 332 g/mol. The fourth-order valence-electron chi connectivity index (χ4n) is 2.43. The molecule has 2 aromatic carbocycles. The predicted octanol–water partition coefficient (Wildman–Crippen LogP) is 0.956. The number of carbonyl (C=O) groups excluding carboxylic acids is 1. The Morgan fingerprint density at radius 1 is 1.15 bits per heavy atom. The number of aromatic nitrogens is 2. The van der Waals surface area contributed by atoms with E-state index in [1.165, 1.54) is 11.8 Å². The summed E-state index contributed by atoms with van der Waals surface area (Å²) in [6.45, 7) is 3.77. The second kappa shape index (κ2) is 7.57. The van der Waals surface area contributed by atoms with Gasteiger partial charge in [0.05, 0.1) is 23.4 Å². The summed E-state index contributed by atoms with van der Waals surface area (Å²) < 4.78 is 11.3. The van der Waals surface area contributed by atoms with Crippen molar-refractivity contribution in [2.45, 2.75) is 0 Å². The van der Waals surface area contributed by atoms with Crippen LogP contribution in [0.2, 0.25) is 0 Å². The zero-order valence-corrected chi connectivity index (χ0v) is 14.3. The number of methoxy groups -OCH3 is 1. The van der Waals surface area contributed by atoms with Gasteiger partial charge in [-0.1, -0.05) is 36.9 Å². The van der Waals surface area contributed by atoms with E-state index in [9.17, 15) is 9.59 Å². The number of ether oxygens (including phenoxy) is 2. The number of H-pyrrole nitrogens is 1. The highest BCUT2D eigenvalue weighted by Crippen LogP contribution is 2.12. The highest BCUT2D eigenvalue weighted by atomic mass is 16.6. The molecule has 0 atom stereocenters. The van der Waals surface area contributed by atoms with Crippen molar-refractivity contribution in [2.24, 2.45) is 0 Å². The summed E-state index contributed by atoms with van der Waals surface area (Å²) in [6.07, 6.45) is 1.75. The fraction of sp³-hybridized carbons (Fsp3) is 0.100. The minimum absolute atomic E-state index is 0.151. The average molecular weight is 350 g/mol. The molecule has 0 saturated carbocycles. The SMILES string of the molecule is C=c1[nH]n(-c2ccccc2)c(=O)/c1=C\c1ccc(OCC(=O)OC)cc1. The number of hydrogen-bond acceptors (Lipinski definition) is 4. The van der Waals surface area contributed by atoms with Gasteiger partial charge in [-0.05, 0) is 35.9 Å². The smallest absolute Gasteiger partial charge is 0.343 e. The van der Waals surface area contributed by atoms with Gasteiger partial charge in [-0.15, -0.1) is 0 Å². The molecule has 1 N–H and O–H groups in total. The van der Waals surface area contributed by atoms with Crippen molar-refractivity contribution in [3.05, 3.63) is 81.1 Å². The Hall–Kier alpha value is -3.54. The molecule has 0 aliphatic rings. The molecule has 6 nitrogen and oxygen atoms in total. The zero-order chi connectivity index (χ0) is 18.5. The van der Waals surface area contributed by atoms with Crippen molar-refractivity contribution < 1.29 is 14.3 Å². The molecule has 0 unspecified atom stereocenters. The molecule has 26 heavy (non-hydrogen) atoms. The molecule has 0 amide bonds. The van der Waals surface area contributed by atoms with Gasteiger partial charge in [0.2, 0.25) is 0 Å². The average Bonchev–Trinajstić information content (AvgIpc) is 2.96. The maximum absolute atomic E-state index is 12.7. The first-order valence-electron chi connectivity index (χ1n) is 7.95. The molecule has 1 aromatic heterocycles. The van der Waals surface area contributed by atoms with Crippen LogP contribution in [0.3, 0.4) is 0 Å². The second-order valence-electron chi connectivity index (χ2n) is 5.56. The van der Waals surface area contributed by atoms with Crippen LogP contribution in [0.15, 0.2) is 59.4 Å². The molecule has 0 spiro atoms. The largest absolute Gasteiger partial charge is 0.482 e. The van der Waals surface area contributed by atoms with E-state index in [0.29, 0.717) is 16.3 Å². The third-order valence-corrected chi connectivity index (χ3v) is 3.80. The van der Waals surface area contributed by atoms with E-state index in [1.54, 1.807) is 30.3 Å². The Morgan fingerprint density at radius 2 is 1.85 bits per heavy atom. The van der Waals surface area contributed by atoms with Gasteiger partial charge in [-0.2, -0.15) is 0 Å². The summed E-state index contributed by atoms with van der Waals surface area (Å²) in [5.74, 6) is 0.0919. The summed E-state index contributed by atoms with van der Waals surface area (Å²) >= 11 is 0. The van der Waals surface area contributed by atoms with Crippen molar-refractivity contribution in [3.8, 4) is 11.4 Å². The molecule has 3 rings (SSSR count). The number of rotatable bonds is 5. The first-order valence-corrected chi connectivity index (χ1v) is 7.95. The van der Waals surface area contributed by atoms with Crippen LogP contribution < -0.4 is 20.9 Å². The Labute approximate surface area is 149 Å². The van der Waals surface area contributed by atoms with Crippen molar-refractivity contribution >= 4 is 18.6 Å². The molecule has 132 valence electrons. The van der Waals surface area contributed by atoms with E-state index in [1.807, 2.05) is 30.3 Å². The van der Waals surface area contributed by atoms with Crippen LogP contribution >= 0.6 is 0 Å². The zero-order valence-electron chi connectivity index (χ0n) is 14.3. The van der Waals surface area contributed by atoms with Crippen LogP contribution in [-0.2, 0) is 9.53 Å². The van der Waals surface area contributed by atoms with Gasteiger partial charge in [0.15, 0.2) is 6.61 Å². The minimum Gasteiger partial charge on any atom is -0.482 e. The quantitative estimate of drug-likeness (QED) is 0.696. The third kappa shape index (κ3) is 3.75. The van der Waals surface area contributed by atoms with E-state index < -0.39 is 5.97 Å². The Balaban J connectivity index is 1.89. The standard InChI is InChI=1S/C20H18N2O4/c1-14-18(20(24)22(21-14)16-6-4-3-5-7-16)12-15-8-10-17(11-9-15)26-13-19(23)25-2/h3-12,21H,1,13H2,2H3/b18-12-. The van der Waals surface area contributed by atoms with Gasteiger partial charge in [-0.3, -0.25) is 9.89 Å². The molecule has 0 radical (unpaired) electrons. The summed E-state index contributed by atoms with van der Waals surface area (Å²) in [6, 6.07) is 16.3. The van der Waals surface area contributed by atoms with E-state index in [4.69, 9.17) is 4.74 Å². The van der Waals surface area contributed by atoms with Crippen molar-refractivity contribution in [1.82, 2.24) is 9.78 Å². The maximum atomic E-state index is 12.7. The summed E-state index contributed by atoms with van der Waals surface area (Å²) in [5.41, 5.74) is 1.39. The van der Waals surface area contributed by atoms with E-state index in [0.717, 1.165) is 11.3 Å². The van der Waals surface area contributed by atoms with Gasteiger partial charge in [0.1, 0.15) is 5.75 Å². The van der Waals surface area contributed by atoms with Gasteiger partial charge in [-0.25, -0.2) is 9.48 Å². The Bertz CT molecular complexity index is 1060. The molecule has 1 heterocycles.